The first-order valence-electron chi connectivity index (χ1n) is 11.1. The van der Waals surface area contributed by atoms with E-state index in [1.165, 1.54) is 29.9 Å². The molecule has 2 atom stereocenters. The molecular formula is C25H31N3O. The van der Waals surface area contributed by atoms with Gasteiger partial charge in [-0.05, 0) is 49.9 Å². The van der Waals surface area contributed by atoms with E-state index in [9.17, 15) is 4.79 Å². The summed E-state index contributed by atoms with van der Waals surface area (Å²) in [7, 11) is 2.22. The van der Waals surface area contributed by atoms with Gasteiger partial charge in [-0.1, -0.05) is 36.4 Å². The minimum atomic E-state index is 0.176. The number of carbonyl (C=O) groups is 1. The number of rotatable bonds is 5. The van der Waals surface area contributed by atoms with Crippen LogP contribution in [-0.2, 0) is 6.42 Å². The van der Waals surface area contributed by atoms with Crippen molar-refractivity contribution < 1.29 is 4.79 Å². The number of para-hydroxylation sites is 1. The van der Waals surface area contributed by atoms with E-state index in [0.29, 0.717) is 12.0 Å². The quantitative estimate of drug-likeness (QED) is 0.724. The van der Waals surface area contributed by atoms with Crippen LogP contribution in [0.25, 0.3) is 0 Å². The van der Waals surface area contributed by atoms with Gasteiger partial charge in [0.1, 0.15) is 0 Å². The summed E-state index contributed by atoms with van der Waals surface area (Å²) >= 11 is 0. The Balaban J connectivity index is 1.26. The Morgan fingerprint density at radius 2 is 1.93 bits per heavy atom. The van der Waals surface area contributed by atoms with Crippen molar-refractivity contribution in [2.45, 2.75) is 38.1 Å². The second-order valence-electron chi connectivity index (χ2n) is 8.91. The third kappa shape index (κ3) is 3.24. The average Bonchev–Trinajstić information content (AvgIpc) is 3.05. The molecule has 3 aliphatic heterocycles. The minimum absolute atomic E-state index is 0.176. The molecular weight excluding hydrogens is 358 g/mol. The van der Waals surface area contributed by atoms with Crippen molar-refractivity contribution in [3.8, 4) is 0 Å². The number of anilines is 2. The van der Waals surface area contributed by atoms with Crippen LogP contribution >= 0.6 is 0 Å². The zero-order valence-corrected chi connectivity index (χ0v) is 17.6. The molecule has 2 aromatic carbocycles. The molecule has 0 bridgehead atoms. The van der Waals surface area contributed by atoms with Gasteiger partial charge in [-0.25, -0.2) is 0 Å². The van der Waals surface area contributed by atoms with Gasteiger partial charge in [0.05, 0.1) is 11.4 Å². The molecule has 4 heteroatoms. The Bertz CT molecular complexity index is 924. The van der Waals surface area contributed by atoms with Gasteiger partial charge >= 0.3 is 0 Å². The van der Waals surface area contributed by atoms with Crippen LogP contribution in [0.4, 0.5) is 11.4 Å². The number of piperidine rings is 1. The number of likely N-dealkylation sites (N-methyl/N-ethyl adjacent to an activating group) is 1. The molecule has 152 valence electrons. The van der Waals surface area contributed by atoms with Crippen LogP contribution in [-0.4, -0.2) is 56.5 Å². The predicted molar refractivity (Wildman–Crippen MR) is 119 cm³/mol. The average molecular weight is 390 g/mol. The lowest BCUT2D eigenvalue weighted by atomic mass is 9.89. The molecule has 0 amide bonds. The number of likely N-dealkylation sites (tertiary alicyclic amines) is 1. The maximum Gasteiger partial charge on any atom is 0.160 e. The normalized spacial score (nSPS) is 23.1. The predicted octanol–water partition coefficient (Wildman–Crippen LogP) is 3.95. The first kappa shape index (κ1) is 18.7. The van der Waals surface area contributed by atoms with E-state index in [0.717, 1.165) is 44.6 Å². The fraction of sp³-hybridized carbons (Fsp3) is 0.480. The zero-order chi connectivity index (χ0) is 20.0. The smallest absolute Gasteiger partial charge is 0.160 e. The van der Waals surface area contributed by atoms with Crippen LogP contribution in [0.2, 0.25) is 0 Å². The van der Waals surface area contributed by atoms with Crippen molar-refractivity contribution in [1.29, 1.82) is 0 Å². The lowest BCUT2D eigenvalue weighted by Crippen LogP contribution is -2.49. The van der Waals surface area contributed by atoms with Gasteiger partial charge in [0.2, 0.25) is 0 Å². The molecule has 0 saturated carbocycles. The van der Waals surface area contributed by atoms with Crippen molar-refractivity contribution in [1.82, 2.24) is 4.90 Å². The number of Topliss-reactive ketones (excluding diaryl/α,β-unsaturated/α-hetero) is 1. The lowest BCUT2D eigenvalue weighted by Gasteiger charge is -2.41. The number of benzene rings is 2. The molecule has 2 aromatic rings. The SMILES string of the molecule is CC(=O)c1ccccc1CCCN1CC[C@H]2[C@@H](C1)c1cccc3c1N2CCN3C. The van der Waals surface area contributed by atoms with E-state index >= 15 is 0 Å². The summed E-state index contributed by atoms with van der Waals surface area (Å²) in [6, 6.07) is 15.7. The van der Waals surface area contributed by atoms with E-state index < -0.39 is 0 Å². The highest BCUT2D eigenvalue weighted by Gasteiger charge is 2.44. The van der Waals surface area contributed by atoms with Crippen LogP contribution in [0.1, 0.15) is 47.2 Å². The van der Waals surface area contributed by atoms with Crippen LogP contribution in [0.5, 0.6) is 0 Å². The highest BCUT2D eigenvalue weighted by atomic mass is 16.1. The lowest BCUT2D eigenvalue weighted by molar-refractivity contribution is 0.101. The summed E-state index contributed by atoms with van der Waals surface area (Å²) in [6.45, 7) is 7.42. The maximum atomic E-state index is 11.9. The van der Waals surface area contributed by atoms with Gasteiger partial charge in [0.15, 0.2) is 5.78 Å². The summed E-state index contributed by atoms with van der Waals surface area (Å²) in [4.78, 5) is 19.6. The standard InChI is InChI=1S/C25H31N3O/c1-18(29)20-9-4-3-7-19(20)8-6-13-27-14-12-23-22(17-27)21-10-5-11-24-25(21)28(23)16-15-26(24)2/h3-5,7,9-11,22-23H,6,8,12-17H2,1-2H3/t22-,23-/m0/s1. The molecule has 1 saturated heterocycles. The zero-order valence-electron chi connectivity index (χ0n) is 17.6. The van der Waals surface area contributed by atoms with Gasteiger partial charge in [0, 0.05) is 50.7 Å². The molecule has 29 heavy (non-hydrogen) atoms. The van der Waals surface area contributed by atoms with Crippen LogP contribution in [0, 0.1) is 0 Å². The van der Waals surface area contributed by atoms with Crippen molar-refractivity contribution in [3.05, 3.63) is 59.2 Å². The van der Waals surface area contributed by atoms with E-state index in [1.807, 2.05) is 18.2 Å². The largest absolute Gasteiger partial charge is 0.371 e. The first-order chi connectivity index (χ1) is 14.1. The van der Waals surface area contributed by atoms with Gasteiger partial charge in [-0.15, -0.1) is 0 Å². The number of carbonyl (C=O) groups excluding carboxylic acids is 1. The van der Waals surface area contributed by atoms with Crippen molar-refractivity contribution >= 4 is 17.2 Å². The third-order valence-corrected chi connectivity index (χ3v) is 7.20. The summed E-state index contributed by atoms with van der Waals surface area (Å²) in [5.41, 5.74) is 6.57. The Hall–Kier alpha value is -2.33. The first-order valence-corrected chi connectivity index (χ1v) is 11.1. The molecule has 4 nitrogen and oxygen atoms in total. The third-order valence-electron chi connectivity index (χ3n) is 7.20. The summed E-state index contributed by atoms with van der Waals surface area (Å²) in [6.07, 6.45) is 3.35. The Morgan fingerprint density at radius 3 is 2.79 bits per heavy atom. The number of aryl methyl sites for hydroxylation is 1. The molecule has 3 heterocycles. The van der Waals surface area contributed by atoms with Crippen LogP contribution in [0.3, 0.4) is 0 Å². The van der Waals surface area contributed by atoms with Crippen LogP contribution < -0.4 is 9.80 Å². The van der Waals surface area contributed by atoms with E-state index in [2.05, 4.69) is 46.0 Å². The Kier molecular flexibility index (Phi) is 4.83. The summed E-state index contributed by atoms with van der Waals surface area (Å²) < 4.78 is 0. The fourth-order valence-electron chi connectivity index (χ4n) is 5.75. The van der Waals surface area contributed by atoms with Gasteiger partial charge in [0.25, 0.3) is 0 Å². The molecule has 0 aromatic heterocycles. The fourth-order valence-corrected chi connectivity index (χ4v) is 5.75. The van der Waals surface area contributed by atoms with Crippen molar-refractivity contribution in [2.75, 3.05) is 49.6 Å². The van der Waals surface area contributed by atoms with E-state index in [4.69, 9.17) is 0 Å². The van der Waals surface area contributed by atoms with Gasteiger partial charge < -0.3 is 14.7 Å². The van der Waals surface area contributed by atoms with Gasteiger partial charge in [-0.3, -0.25) is 4.79 Å². The van der Waals surface area contributed by atoms with Crippen molar-refractivity contribution in [2.24, 2.45) is 0 Å². The molecule has 3 aliphatic rings. The molecule has 1 fully saturated rings. The monoisotopic (exact) mass is 389 g/mol. The topological polar surface area (TPSA) is 26.8 Å². The molecule has 0 N–H and O–H groups in total. The van der Waals surface area contributed by atoms with E-state index in [1.54, 1.807) is 12.5 Å². The number of ketones is 1. The maximum absolute atomic E-state index is 11.9. The van der Waals surface area contributed by atoms with Crippen LogP contribution in [0.15, 0.2) is 42.5 Å². The highest BCUT2D eigenvalue weighted by molar-refractivity contribution is 5.95. The Labute approximate surface area is 174 Å². The number of fused-ring (bicyclic) bond motifs is 3. The summed E-state index contributed by atoms with van der Waals surface area (Å²) in [5.74, 6) is 0.810. The molecule has 0 aliphatic carbocycles. The molecule has 0 spiro atoms. The highest BCUT2D eigenvalue weighted by Crippen LogP contribution is 2.50. The number of hydrogen-bond donors (Lipinski definition) is 0. The summed E-state index contributed by atoms with van der Waals surface area (Å²) in [5, 5.41) is 0. The minimum Gasteiger partial charge on any atom is -0.371 e. The number of nitrogens with zero attached hydrogens (tertiary/aromatic N) is 3. The second kappa shape index (κ2) is 7.49. The molecule has 5 rings (SSSR count). The molecule has 0 radical (unpaired) electrons. The second-order valence-corrected chi connectivity index (χ2v) is 8.91. The number of hydrogen-bond acceptors (Lipinski definition) is 4. The van der Waals surface area contributed by atoms with E-state index in [-0.39, 0.29) is 5.78 Å². The van der Waals surface area contributed by atoms with Gasteiger partial charge in [-0.2, -0.15) is 0 Å². The van der Waals surface area contributed by atoms with Crippen molar-refractivity contribution in [3.63, 3.8) is 0 Å². The Morgan fingerprint density at radius 1 is 1.07 bits per heavy atom. The molecule has 0 unspecified atom stereocenters.